The molecule has 2 heterocycles. The summed E-state index contributed by atoms with van der Waals surface area (Å²) < 4.78 is 1.92. The molecule has 0 N–H and O–H groups in total. The molecule has 0 bridgehead atoms. The first-order valence-corrected chi connectivity index (χ1v) is 6.96. The fourth-order valence-corrected chi connectivity index (χ4v) is 2.58. The Balaban J connectivity index is 2.25. The minimum absolute atomic E-state index is 0.361. The van der Waals surface area contributed by atoms with E-state index in [9.17, 15) is 0 Å². The zero-order valence-electron chi connectivity index (χ0n) is 9.78. The zero-order valence-corrected chi connectivity index (χ0v) is 12.0. The molecular weight excluding hydrogens is 303 g/mol. The van der Waals surface area contributed by atoms with Gasteiger partial charge in [-0.1, -0.05) is 35.3 Å². The lowest BCUT2D eigenvalue weighted by Gasteiger charge is -2.02. The van der Waals surface area contributed by atoms with Gasteiger partial charge in [0.2, 0.25) is 0 Å². The maximum Gasteiger partial charge on any atom is 0.137 e. The highest BCUT2D eigenvalue weighted by Gasteiger charge is 2.13. The number of nitrogens with zero attached hydrogens (tertiary/aromatic N) is 2. The largest absolute Gasteiger partial charge is 0.301 e. The number of rotatable bonds is 2. The number of pyridine rings is 1. The van der Waals surface area contributed by atoms with Crippen LogP contribution in [0.25, 0.3) is 16.9 Å². The maximum absolute atomic E-state index is 6.06. The lowest BCUT2D eigenvalue weighted by Crippen LogP contribution is -1.91. The highest BCUT2D eigenvalue weighted by atomic mass is 35.5. The molecule has 0 unspecified atom stereocenters. The van der Waals surface area contributed by atoms with Gasteiger partial charge in [-0.3, -0.25) is 0 Å². The fourth-order valence-electron chi connectivity index (χ4n) is 2.03. The van der Waals surface area contributed by atoms with Gasteiger partial charge in [0.25, 0.3) is 0 Å². The number of hydrogen-bond acceptors (Lipinski definition) is 1. The van der Waals surface area contributed by atoms with Crippen LogP contribution >= 0.6 is 34.8 Å². The highest BCUT2D eigenvalue weighted by Crippen LogP contribution is 2.27. The van der Waals surface area contributed by atoms with Gasteiger partial charge in [-0.2, -0.15) is 0 Å². The Bertz CT molecular complexity index is 732. The van der Waals surface area contributed by atoms with Crippen molar-refractivity contribution in [2.75, 3.05) is 0 Å². The Labute approximate surface area is 125 Å². The van der Waals surface area contributed by atoms with Crippen LogP contribution in [0.5, 0.6) is 0 Å². The van der Waals surface area contributed by atoms with Crippen LogP contribution in [0.3, 0.4) is 0 Å². The van der Waals surface area contributed by atoms with Crippen molar-refractivity contribution < 1.29 is 0 Å². The molecule has 0 spiro atoms. The number of alkyl halides is 1. The molecule has 96 valence electrons. The first kappa shape index (κ1) is 12.8. The van der Waals surface area contributed by atoms with Crippen molar-refractivity contribution >= 4 is 40.4 Å². The number of fused-ring (bicyclic) bond motifs is 1. The summed E-state index contributed by atoms with van der Waals surface area (Å²) in [5, 5.41) is 1.35. The average molecular weight is 312 g/mol. The number of hydrogen-bond donors (Lipinski definition) is 0. The minimum Gasteiger partial charge on any atom is -0.301 e. The molecule has 0 saturated heterocycles. The van der Waals surface area contributed by atoms with Gasteiger partial charge >= 0.3 is 0 Å². The second kappa shape index (κ2) is 5.04. The third-order valence-electron chi connectivity index (χ3n) is 2.93. The molecule has 0 aliphatic rings. The predicted molar refractivity (Wildman–Crippen MR) is 80.2 cm³/mol. The third kappa shape index (κ3) is 2.32. The Morgan fingerprint density at radius 2 is 1.63 bits per heavy atom. The molecule has 0 fully saturated rings. The van der Waals surface area contributed by atoms with E-state index < -0.39 is 0 Å². The molecular formula is C14H9Cl3N2. The molecule has 2 nitrogen and oxygen atoms in total. The summed E-state index contributed by atoms with van der Waals surface area (Å²) in [6.07, 6.45) is 1.82. The lowest BCUT2D eigenvalue weighted by molar-refractivity contribution is 1.09. The highest BCUT2D eigenvalue weighted by molar-refractivity contribution is 6.30. The van der Waals surface area contributed by atoms with Gasteiger partial charge in [-0.05, 0) is 24.3 Å². The van der Waals surface area contributed by atoms with Crippen LogP contribution in [0.1, 0.15) is 5.69 Å². The summed E-state index contributed by atoms with van der Waals surface area (Å²) in [7, 11) is 0. The third-order valence-corrected chi connectivity index (χ3v) is 3.65. The van der Waals surface area contributed by atoms with Gasteiger partial charge in [0.1, 0.15) is 5.65 Å². The van der Waals surface area contributed by atoms with E-state index >= 15 is 0 Å². The topological polar surface area (TPSA) is 17.3 Å². The van der Waals surface area contributed by atoms with Crippen LogP contribution in [0.15, 0.2) is 42.6 Å². The van der Waals surface area contributed by atoms with Crippen molar-refractivity contribution in [3.05, 3.63) is 58.3 Å². The summed E-state index contributed by atoms with van der Waals surface area (Å²) in [5.41, 5.74) is 3.58. The molecule has 19 heavy (non-hydrogen) atoms. The van der Waals surface area contributed by atoms with Gasteiger partial charge in [-0.25, -0.2) is 4.98 Å². The van der Waals surface area contributed by atoms with Crippen LogP contribution in [0.2, 0.25) is 10.0 Å². The predicted octanol–water partition coefficient (Wildman–Crippen LogP) is 5.05. The fraction of sp³-hybridized carbons (Fsp3) is 0.0714. The van der Waals surface area contributed by atoms with Gasteiger partial charge in [0, 0.05) is 16.8 Å². The second-order valence-corrected chi connectivity index (χ2v) is 5.26. The maximum atomic E-state index is 6.06. The number of benzene rings is 1. The monoisotopic (exact) mass is 310 g/mol. The molecule has 0 amide bonds. The quantitative estimate of drug-likeness (QED) is 0.606. The zero-order chi connectivity index (χ0) is 13.4. The van der Waals surface area contributed by atoms with Gasteiger partial charge in [-0.15, -0.1) is 11.6 Å². The van der Waals surface area contributed by atoms with Crippen LogP contribution in [0.4, 0.5) is 0 Å². The van der Waals surface area contributed by atoms with E-state index in [4.69, 9.17) is 34.8 Å². The van der Waals surface area contributed by atoms with Crippen LogP contribution in [0, 0.1) is 0 Å². The molecule has 5 heteroatoms. The molecule has 1 aromatic carbocycles. The summed E-state index contributed by atoms with van der Waals surface area (Å²) in [6, 6.07) is 11.2. The molecule has 2 aromatic heterocycles. The summed E-state index contributed by atoms with van der Waals surface area (Å²) >= 11 is 18.0. The van der Waals surface area contributed by atoms with E-state index in [0.29, 0.717) is 15.9 Å². The summed E-state index contributed by atoms with van der Waals surface area (Å²) in [5.74, 6) is 0.361. The SMILES string of the molecule is ClCc1c(-c2ccc(Cl)cc2)nc2ccc(Cl)cn12. The van der Waals surface area contributed by atoms with E-state index in [-0.39, 0.29) is 0 Å². The molecule has 0 aliphatic heterocycles. The Kier molecular flexibility index (Phi) is 3.40. The normalized spacial score (nSPS) is 11.1. The van der Waals surface area contributed by atoms with Gasteiger partial charge in [0.05, 0.1) is 22.3 Å². The van der Waals surface area contributed by atoms with Crippen molar-refractivity contribution in [3.63, 3.8) is 0 Å². The molecule has 0 aliphatic carbocycles. The van der Waals surface area contributed by atoms with Crippen LogP contribution in [-0.4, -0.2) is 9.38 Å². The van der Waals surface area contributed by atoms with Gasteiger partial charge in [0.15, 0.2) is 0 Å². The first-order chi connectivity index (χ1) is 9.19. The van der Waals surface area contributed by atoms with E-state index in [1.165, 1.54) is 0 Å². The minimum atomic E-state index is 0.361. The summed E-state index contributed by atoms with van der Waals surface area (Å²) in [4.78, 5) is 4.60. The number of aromatic nitrogens is 2. The van der Waals surface area contributed by atoms with Crippen molar-refractivity contribution in [3.8, 4) is 11.3 Å². The molecule has 3 rings (SSSR count). The molecule has 0 radical (unpaired) electrons. The lowest BCUT2D eigenvalue weighted by atomic mass is 10.1. The van der Waals surface area contributed by atoms with E-state index in [1.807, 2.05) is 47.0 Å². The Morgan fingerprint density at radius 1 is 0.947 bits per heavy atom. The van der Waals surface area contributed by atoms with E-state index in [0.717, 1.165) is 22.6 Å². The Morgan fingerprint density at radius 3 is 2.32 bits per heavy atom. The number of halogens is 3. The van der Waals surface area contributed by atoms with Gasteiger partial charge < -0.3 is 4.40 Å². The molecule has 0 saturated carbocycles. The molecule has 0 atom stereocenters. The summed E-state index contributed by atoms with van der Waals surface area (Å²) in [6.45, 7) is 0. The standard InChI is InChI=1S/C14H9Cl3N2/c15-7-12-14(9-1-3-10(16)4-2-9)18-13-6-5-11(17)8-19(12)13/h1-6,8H,7H2. The number of imidazole rings is 1. The smallest absolute Gasteiger partial charge is 0.137 e. The van der Waals surface area contributed by atoms with Crippen molar-refractivity contribution in [1.29, 1.82) is 0 Å². The van der Waals surface area contributed by atoms with E-state index in [1.54, 1.807) is 0 Å². The van der Waals surface area contributed by atoms with E-state index in [2.05, 4.69) is 4.98 Å². The van der Waals surface area contributed by atoms with Crippen molar-refractivity contribution in [2.24, 2.45) is 0 Å². The van der Waals surface area contributed by atoms with Crippen LogP contribution in [-0.2, 0) is 5.88 Å². The average Bonchev–Trinajstić information content (AvgIpc) is 2.77. The van der Waals surface area contributed by atoms with Crippen molar-refractivity contribution in [2.45, 2.75) is 5.88 Å². The second-order valence-electron chi connectivity index (χ2n) is 4.12. The first-order valence-electron chi connectivity index (χ1n) is 5.67. The van der Waals surface area contributed by atoms with Crippen molar-refractivity contribution in [1.82, 2.24) is 9.38 Å². The molecule has 3 aromatic rings. The van der Waals surface area contributed by atoms with Crippen LogP contribution < -0.4 is 0 Å². The Hall–Kier alpha value is -1.22.